The SMILES string of the molecule is CCC[C@H](N)C(=O)Nc1cnc(Cl)c(Br)c1. The van der Waals surface area contributed by atoms with Gasteiger partial charge in [-0.2, -0.15) is 0 Å². The smallest absolute Gasteiger partial charge is 0.241 e. The van der Waals surface area contributed by atoms with Crippen molar-refractivity contribution in [3.63, 3.8) is 0 Å². The van der Waals surface area contributed by atoms with Crippen LogP contribution in [0.2, 0.25) is 5.15 Å². The van der Waals surface area contributed by atoms with E-state index in [4.69, 9.17) is 17.3 Å². The molecule has 0 aliphatic heterocycles. The molecular weight excluding hydrogens is 293 g/mol. The first-order valence-electron chi connectivity index (χ1n) is 4.92. The summed E-state index contributed by atoms with van der Waals surface area (Å²) in [6.45, 7) is 1.98. The molecule has 0 saturated heterocycles. The number of hydrogen-bond donors (Lipinski definition) is 2. The molecule has 0 aromatic carbocycles. The molecule has 1 atom stereocenters. The summed E-state index contributed by atoms with van der Waals surface area (Å²) >= 11 is 8.96. The summed E-state index contributed by atoms with van der Waals surface area (Å²) in [5, 5.41) is 3.04. The number of amides is 1. The third kappa shape index (κ3) is 3.73. The zero-order valence-electron chi connectivity index (χ0n) is 8.84. The van der Waals surface area contributed by atoms with Gasteiger partial charge < -0.3 is 11.1 Å². The fourth-order valence-electron chi connectivity index (χ4n) is 1.17. The van der Waals surface area contributed by atoms with Crippen LogP contribution in [-0.2, 0) is 4.79 Å². The van der Waals surface area contributed by atoms with Gasteiger partial charge in [0.1, 0.15) is 5.15 Å². The second-order valence-electron chi connectivity index (χ2n) is 3.38. The molecule has 0 aliphatic carbocycles. The Hall–Kier alpha value is -0.650. The van der Waals surface area contributed by atoms with E-state index in [1.165, 1.54) is 6.20 Å². The lowest BCUT2D eigenvalue weighted by Crippen LogP contribution is -2.35. The maximum Gasteiger partial charge on any atom is 0.241 e. The summed E-state index contributed by atoms with van der Waals surface area (Å²) in [6.07, 6.45) is 3.02. The molecule has 1 aromatic rings. The number of nitrogens with two attached hydrogens (primary N) is 1. The van der Waals surface area contributed by atoms with Gasteiger partial charge in [0.25, 0.3) is 0 Å². The van der Waals surface area contributed by atoms with E-state index in [1.807, 2.05) is 6.92 Å². The van der Waals surface area contributed by atoms with Gasteiger partial charge in [0, 0.05) is 0 Å². The maximum absolute atomic E-state index is 11.6. The molecular formula is C10H13BrClN3O. The van der Waals surface area contributed by atoms with Crippen molar-refractivity contribution < 1.29 is 4.79 Å². The number of anilines is 1. The molecule has 3 N–H and O–H groups in total. The van der Waals surface area contributed by atoms with E-state index in [2.05, 4.69) is 26.2 Å². The Balaban J connectivity index is 2.66. The second kappa shape index (κ2) is 6.18. The number of pyridine rings is 1. The highest BCUT2D eigenvalue weighted by Crippen LogP contribution is 2.22. The van der Waals surface area contributed by atoms with Gasteiger partial charge in [-0.05, 0) is 28.4 Å². The predicted molar refractivity (Wildman–Crippen MR) is 68.5 cm³/mol. The van der Waals surface area contributed by atoms with Gasteiger partial charge in [0.2, 0.25) is 5.91 Å². The second-order valence-corrected chi connectivity index (χ2v) is 4.59. The van der Waals surface area contributed by atoms with Crippen LogP contribution in [0.1, 0.15) is 19.8 Å². The predicted octanol–water partition coefficient (Wildman–Crippen LogP) is 2.56. The first-order chi connectivity index (χ1) is 7.54. The van der Waals surface area contributed by atoms with Gasteiger partial charge in [-0.3, -0.25) is 4.79 Å². The fraction of sp³-hybridized carbons (Fsp3) is 0.400. The van der Waals surface area contributed by atoms with Crippen LogP contribution in [0.15, 0.2) is 16.7 Å². The van der Waals surface area contributed by atoms with Crippen molar-refractivity contribution in [2.75, 3.05) is 5.32 Å². The lowest BCUT2D eigenvalue weighted by molar-refractivity contribution is -0.117. The van der Waals surface area contributed by atoms with E-state index in [0.29, 0.717) is 21.7 Å². The first kappa shape index (κ1) is 13.4. The zero-order chi connectivity index (χ0) is 12.1. The molecule has 0 saturated carbocycles. The Labute approximate surface area is 108 Å². The normalized spacial score (nSPS) is 12.2. The maximum atomic E-state index is 11.6. The monoisotopic (exact) mass is 305 g/mol. The van der Waals surface area contributed by atoms with Crippen molar-refractivity contribution in [3.05, 3.63) is 21.9 Å². The van der Waals surface area contributed by atoms with Crippen LogP contribution in [0.5, 0.6) is 0 Å². The minimum Gasteiger partial charge on any atom is -0.323 e. The molecule has 0 unspecified atom stereocenters. The van der Waals surface area contributed by atoms with Gasteiger partial charge in [0.15, 0.2) is 0 Å². The molecule has 1 amide bonds. The van der Waals surface area contributed by atoms with E-state index < -0.39 is 6.04 Å². The highest BCUT2D eigenvalue weighted by Gasteiger charge is 2.12. The molecule has 1 rings (SSSR count). The highest BCUT2D eigenvalue weighted by atomic mass is 79.9. The third-order valence-electron chi connectivity index (χ3n) is 2.00. The quantitative estimate of drug-likeness (QED) is 0.840. The highest BCUT2D eigenvalue weighted by molar-refractivity contribution is 9.10. The number of carbonyl (C=O) groups excluding carboxylic acids is 1. The van der Waals surface area contributed by atoms with Crippen LogP contribution in [0, 0.1) is 0 Å². The van der Waals surface area contributed by atoms with Gasteiger partial charge >= 0.3 is 0 Å². The molecule has 0 aliphatic rings. The molecule has 16 heavy (non-hydrogen) atoms. The van der Waals surface area contributed by atoms with Crippen molar-refractivity contribution >= 4 is 39.1 Å². The van der Waals surface area contributed by atoms with E-state index in [0.717, 1.165) is 6.42 Å². The first-order valence-corrected chi connectivity index (χ1v) is 6.09. The Bertz CT molecular complexity index is 386. The van der Waals surface area contributed by atoms with Gasteiger partial charge in [-0.1, -0.05) is 24.9 Å². The number of halogens is 2. The van der Waals surface area contributed by atoms with E-state index >= 15 is 0 Å². The fourth-order valence-corrected chi connectivity index (χ4v) is 1.62. The van der Waals surface area contributed by atoms with Gasteiger partial charge in [-0.15, -0.1) is 0 Å². The van der Waals surface area contributed by atoms with Crippen molar-refractivity contribution in [3.8, 4) is 0 Å². The van der Waals surface area contributed by atoms with Crippen molar-refractivity contribution in [2.45, 2.75) is 25.8 Å². The molecule has 1 heterocycles. The number of nitrogens with one attached hydrogen (secondary N) is 1. The lowest BCUT2D eigenvalue weighted by Gasteiger charge is -2.11. The van der Waals surface area contributed by atoms with Crippen molar-refractivity contribution in [1.82, 2.24) is 4.98 Å². The summed E-state index contributed by atoms with van der Waals surface area (Å²) in [5.41, 5.74) is 6.25. The Morgan fingerprint density at radius 1 is 1.75 bits per heavy atom. The van der Waals surface area contributed by atoms with E-state index in [9.17, 15) is 4.79 Å². The lowest BCUT2D eigenvalue weighted by atomic mass is 10.1. The van der Waals surface area contributed by atoms with Gasteiger partial charge in [-0.25, -0.2) is 4.98 Å². The Morgan fingerprint density at radius 3 is 3.00 bits per heavy atom. The minimum atomic E-state index is -0.487. The van der Waals surface area contributed by atoms with Crippen LogP contribution >= 0.6 is 27.5 Å². The summed E-state index contributed by atoms with van der Waals surface area (Å²) in [6, 6.07) is 1.20. The Morgan fingerprint density at radius 2 is 2.44 bits per heavy atom. The van der Waals surface area contributed by atoms with Gasteiger partial charge in [0.05, 0.1) is 22.4 Å². The zero-order valence-corrected chi connectivity index (χ0v) is 11.2. The number of hydrogen-bond acceptors (Lipinski definition) is 3. The standard InChI is InChI=1S/C10H13BrClN3O/c1-2-3-8(13)10(16)15-6-4-7(11)9(12)14-5-6/h4-5,8H,2-3,13H2,1H3,(H,15,16)/t8-/m0/s1. The summed E-state index contributed by atoms with van der Waals surface area (Å²) in [4.78, 5) is 15.5. The van der Waals surface area contributed by atoms with Crippen LogP contribution in [0.3, 0.4) is 0 Å². The number of rotatable bonds is 4. The molecule has 1 aromatic heterocycles. The van der Waals surface area contributed by atoms with E-state index in [-0.39, 0.29) is 5.91 Å². The molecule has 6 heteroatoms. The summed E-state index contributed by atoms with van der Waals surface area (Å²) in [7, 11) is 0. The van der Waals surface area contributed by atoms with Crippen molar-refractivity contribution in [2.24, 2.45) is 5.73 Å². The molecule has 0 bridgehead atoms. The summed E-state index contributed by atoms with van der Waals surface area (Å²) < 4.78 is 0.635. The van der Waals surface area contributed by atoms with Crippen LogP contribution < -0.4 is 11.1 Å². The molecule has 88 valence electrons. The topological polar surface area (TPSA) is 68.0 Å². The number of carbonyl (C=O) groups is 1. The van der Waals surface area contributed by atoms with Crippen LogP contribution in [0.25, 0.3) is 0 Å². The average Bonchev–Trinajstić information content (AvgIpc) is 2.24. The number of nitrogens with zero attached hydrogens (tertiary/aromatic N) is 1. The third-order valence-corrected chi connectivity index (χ3v) is 3.13. The summed E-state index contributed by atoms with van der Waals surface area (Å²) in [5.74, 6) is -0.210. The largest absolute Gasteiger partial charge is 0.323 e. The Kier molecular flexibility index (Phi) is 5.18. The van der Waals surface area contributed by atoms with E-state index in [1.54, 1.807) is 6.07 Å². The molecule has 0 fully saturated rings. The van der Waals surface area contributed by atoms with Crippen LogP contribution in [0.4, 0.5) is 5.69 Å². The van der Waals surface area contributed by atoms with Crippen LogP contribution in [-0.4, -0.2) is 16.9 Å². The minimum absolute atomic E-state index is 0.210. The molecule has 0 spiro atoms. The molecule has 0 radical (unpaired) electrons. The van der Waals surface area contributed by atoms with Crippen molar-refractivity contribution in [1.29, 1.82) is 0 Å². The average molecular weight is 307 g/mol. The molecule has 4 nitrogen and oxygen atoms in total. The number of aromatic nitrogens is 1.